The van der Waals surface area contributed by atoms with Gasteiger partial charge in [0.2, 0.25) is 11.8 Å². The predicted octanol–water partition coefficient (Wildman–Crippen LogP) is 14.1. The minimum atomic E-state index is -1.39. The van der Waals surface area contributed by atoms with E-state index in [1.54, 1.807) is 144 Å². The smallest absolute Gasteiger partial charge is 0.443 e. The summed E-state index contributed by atoms with van der Waals surface area (Å²) in [5.74, 6) is -2.28. The second-order valence-electron chi connectivity index (χ2n) is 26.7. The highest BCUT2D eigenvalue weighted by atomic mass is 127. The molecule has 9 rings (SSSR count). The molecule has 0 spiro atoms. The van der Waals surface area contributed by atoms with Crippen molar-refractivity contribution in [3.8, 4) is 6.07 Å². The molecule has 6 atom stereocenters. The molecule has 2 N–H and O–H groups in total. The average molecular weight is 1390 g/mol. The van der Waals surface area contributed by atoms with Crippen molar-refractivity contribution in [3.63, 3.8) is 0 Å². The summed E-state index contributed by atoms with van der Waals surface area (Å²) in [6, 6.07) is 25.0. The molecule has 2 aliphatic carbocycles. The molecule has 3 fully saturated rings. The first-order chi connectivity index (χ1) is 41.2. The lowest BCUT2D eigenvalue weighted by atomic mass is 9.75. The third-order valence-corrected chi connectivity index (χ3v) is 21.3. The van der Waals surface area contributed by atoms with Gasteiger partial charge in [0.15, 0.2) is 19.9 Å². The maximum Gasteiger partial charge on any atom is 0.494 e. The number of nitriles is 1. The second kappa shape index (κ2) is 26.7. The average Bonchev–Trinajstić information content (AvgIpc) is 1.53. The molecule has 1 saturated heterocycles. The number of carbonyl (C=O) groups excluding carboxylic acids is 3. The number of benzene rings is 4. The van der Waals surface area contributed by atoms with Gasteiger partial charge in [-0.15, -0.1) is 0 Å². The Morgan fingerprint density at radius 2 is 1.31 bits per heavy atom. The molecule has 0 aromatic heterocycles. The number of amidine groups is 2. The molecular weight excluding hydrogens is 1310 g/mol. The van der Waals surface area contributed by atoms with Crippen molar-refractivity contribution in [1.29, 1.82) is 5.26 Å². The van der Waals surface area contributed by atoms with Crippen LogP contribution in [0.4, 0.5) is 28.0 Å². The third-order valence-electron chi connectivity index (χ3n) is 16.5. The van der Waals surface area contributed by atoms with Gasteiger partial charge in [0.25, 0.3) is 0 Å². The van der Waals surface area contributed by atoms with Crippen LogP contribution in [0, 0.1) is 41.4 Å². The van der Waals surface area contributed by atoms with E-state index in [4.69, 9.17) is 41.3 Å². The van der Waals surface area contributed by atoms with Crippen LogP contribution in [0.1, 0.15) is 109 Å². The zero-order valence-corrected chi connectivity index (χ0v) is 58.1. The number of fused-ring (bicyclic) bond motifs is 2. The summed E-state index contributed by atoms with van der Waals surface area (Å²) >= 11 is 4.06. The number of halogens is 5. The Kier molecular flexibility index (Phi) is 21.1. The molecular formula is C65H78BF4IN8O7S2Si. The van der Waals surface area contributed by atoms with E-state index in [9.17, 15) is 23.2 Å². The largest absolute Gasteiger partial charge is 0.494 e. The first-order valence-corrected chi connectivity index (χ1v) is 35.4. The number of amides is 3. The fourth-order valence-electron chi connectivity index (χ4n) is 10.7. The summed E-state index contributed by atoms with van der Waals surface area (Å²) in [6.07, 6.45) is 3.09. The van der Waals surface area contributed by atoms with Gasteiger partial charge >= 0.3 is 13.2 Å². The quantitative estimate of drug-likeness (QED) is 0.0256. The van der Waals surface area contributed by atoms with Crippen LogP contribution in [0.3, 0.4) is 0 Å². The van der Waals surface area contributed by atoms with Crippen molar-refractivity contribution in [2.24, 2.45) is 27.6 Å². The van der Waals surface area contributed by atoms with Crippen LogP contribution < -0.4 is 11.2 Å². The van der Waals surface area contributed by atoms with Crippen LogP contribution in [0.25, 0.3) is 22.8 Å². The molecule has 3 amide bonds. The van der Waals surface area contributed by atoms with Crippen molar-refractivity contribution in [1.82, 2.24) is 14.7 Å². The molecule has 0 radical (unpaired) electrons. The maximum absolute atomic E-state index is 16.0. The molecule has 89 heavy (non-hydrogen) atoms. The van der Waals surface area contributed by atoms with E-state index < -0.39 is 76.1 Å². The molecule has 0 bridgehead atoms. The molecule has 474 valence electrons. The number of ether oxygens (including phenoxy) is 2. The molecule has 4 aromatic rings. The zero-order valence-electron chi connectivity index (χ0n) is 53.3. The van der Waals surface area contributed by atoms with Gasteiger partial charge < -0.3 is 34.3 Å². The Morgan fingerprint density at radius 1 is 0.809 bits per heavy atom. The van der Waals surface area contributed by atoms with Crippen LogP contribution in [-0.4, -0.2) is 126 Å². The van der Waals surface area contributed by atoms with Crippen LogP contribution in [-0.2, 0) is 39.4 Å². The van der Waals surface area contributed by atoms with Crippen LogP contribution in [0.2, 0.25) is 25.7 Å². The Morgan fingerprint density at radius 3 is 1.82 bits per heavy atom. The molecule has 2 saturated carbocycles. The SMILES string of the molecule is CN(C)C(=O)[C@]12C[C@H]1[C@@](C)(c1cc(B3OC(C)(C)C(C)(C)O3)ccc1F)N=C(N(COCC[Si](C)(C)C)C(=O)OC(C)(C)C)S2.N#Cc1ccc(/C=C(\F)I)cc1.[C-]#[N+]c1ccc(/C=C(\F)c2ccc(F)c([C@@]3(C)N=C(N)S[C@@]4(C(=O)N(C)C)C[C@H]43)c2)cc1. The molecule has 24 heteroatoms. The Balaban J connectivity index is 0.000000221. The standard InChI is InChI=1S/C32H51BFN3O6SSi.C24H22F2N4OS.C9H5FIN/c1-28(2,3)41-27(39)37(20-40-16-17-45(11,12)13)26-35-31(8,24-19-32(24,44-26)25(38)36(9)10)22-18-21(14-15-23(22)34)33-42-29(4,5)30(6,7)43-33;1-23(20-13-24(20,21(31)30(3)4)32-22(27)29-23)17-12-15(7-10-18(17)25)19(26)11-14-5-8-16(28-2)9-6-14;10-9(11)5-7-1-3-8(6-12)4-2-7/h14-15,18,24H,16-17,19-20H2,1-13H3;5-12,20H,13H2,1,3-4H3,(H2,27,29);1-5H/b;19-11-;9-5+/t24-,31+,32-;20-,23+,24-;/m00./s1. The van der Waals surface area contributed by atoms with Gasteiger partial charge in [-0.25, -0.2) is 27.7 Å². The first-order valence-electron chi connectivity index (χ1n) is 28.9. The summed E-state index contributed by atoms with van der Waals surface area (Å²) in [5, 5.41) is 8.96. The maximum atomic E-state index is 16.0. The van der Waals surface area contributed by atoms with Gasteiger partial charge in [-0.2, -0.15) is 9.65 Å². The van der Waals surface area contributed by atoms with Gasteiger partial charge in [-0.3, -0.25) is 19.6 Å². The number of hydrogen-bond donors (Lipinski definition) is 1. The van der Waals surface area contributed by atoms with E-state index >= 15 is 8.78 Å². The van der Waals surface area contributed by atoms with Gasteiger partial charge in [0, 0.05) is 71.4 Å². The number of carbonyl (C=O) groups is 3. The molecule has 4 aromatic carbocycles. The van der Waals surface area contributed by atoms with E-state index in [0.717, 1.165) is 11.6 Å². The van der Waals surface area contributed by atoms with E-state index in [0.29, 0.717) is 47.3 Å². The number of aliphatic imine (C=N–C) groups is 2. The lowest BCUT2D eigenvalue weighted by molar-refractivity contribution is -0.130. The highest BCUT2D eigenvalue weighted by molar-refractivity contribution is 14.1. The highest BCUT2D eigenvalue weighted by Crippen LogP contribution is 2.68. The zero-order chi connectivity index (χ0) is 66.2. The van der Waals surface area contributed by atoms with Gasteiger partial charge in [0.05, 0.1) is 40.5 Å². The summed E-state index contributed by atoms with van der Waals surface area (Å²) in [6.45, 7) is 31.0. The fourth-order valence-corrected chi connectivity index (χ4v) is 15.0. The van der Waals surface area contributed by atoms with Crippen LogP contribution in [0.5, 0.6) is 0 Å². The highest BCUT2D eigenvalue weighted by Gasteiger charge is 2.73. The topological polar surface area (TPSA) is 177 Å². The lowest BCUT2D eigenvalue weighted by Crippen LogP contribution is -2.49. The molecule has 5 aliphatic rings. The van der Waals surface area contributed by atoms with Crippen molar-refractivity contribution < 1.29 is 50.7 Å². The predicted molar refractivity (Wildman–Crippen MR) is 360 cm³/mol. The Bertz CT molecular complexity index is 3570. The summed E-state index contributed by atoms with van der Waals surface area (Å²) in [4.78, 5) is 57.7. The minimum absolute atomic E-state index is 0.0814. The van der Waals surface area contributed by atoms with Gasteiger partial charge in [-0.1, -0.05) is 91.7 Å². The first kappa shape index (κ1) is 70.5. The van der Waals surface area contributed by atoms with Crippen molar-refractivity contribution in [3.05, 3.63) is 145 Å². The number of thioether (sulfide) groups is 2. The van der Waals surface area contributed by atoms with Crippen molar-refractivity contribution in [2.45, 2.75) is 138 Å². The van der Waals surface area contributed by atoms with Crippen LogP contribution >= 0.6 is 46.1 Å². The number of nitrogens with zero attached hydrogens (tertiary/aromatic N) is 7. The number of hydrogen-bond acceptors (Lipinski definition) is 13. The van der Waals surface area contributed by atoms with Crippen molar-refractivity contribution in [2.75, 3.05) is 41.5 Å². The summed E-state index contributed by atoms with van der Waals surface area (Å²) in [5.41, 5.74) is 5.66. The third kappa shape index (κ3) is 15.8. The molecule has 3 aliphatic heterocycles. The minimum Gasteiger partial charge on any atom is -0.443 e. The van der Waals surface area contributed by atoms with E-state index in [1.165, 1.54) is 69.7 Å². The molecule has 15 nitrogen and oxygen atoms in total. The van der Waals surface area contributed by atoms with E-state index in [2.05, 4.69) is 29.5 Å². The summed E-state index contributed by atoms with van der Waals surface area (Å²) in [7, 11) is 4.68. The van der Waals surface area contributed by atoms with E-state index in [-0.39, 0.29) is 55.7 Å². The fraction of sp³-hybridized carbons (Fsp3) is 0.462. The summed E-state index contributed by atoms with van der Waals surface area (Å²) < 4.78 is 80.8. The molecule has 0 unspecified atom stereocenters. The number of nitrogens with two attached hydrogens (primary N) is 1. The Hall–Kier alpha value is -6.00. The number of rotatable bonds is 13. The second-order valence-corrected chi connectivity index (χ2v) is 36.0. The van der Waals surface area contributed by atoms with Crippen LogP contribution in [0.15, 0.2) is 98.7 Å². The van der Waals surface area contributed by atoms with Gasteiger partial charge in [0.1, 0.15) is 39.3 Å². The molecule has 3 heterocycles. The monoisotopic (exact) mass is 1390 g/mol. The van der Waals surface area contributed by atoms with Crippen molar-refractivity contribution >= 4 is 119 Å². The normalized spacial score (nSPS) is 24.7. The lowest BCUT2D eigenvalue weighted by Gasteiger charge is -2.38. The van der Waals surface area contributed by atoms with Gasteiger partial charge in [-0.05, 0) is 169 Å². The Labute approximate surface area is 544 Å². The van der Waals surface area contributed by atoms with E-state index in [1.807, 2.05) is 40.7 Å².